The van der Waals surface area contributed by atoms with Crippen LogP contribution in [0.5, 0.6) is 0 Å². The van der Waals surface area contributed by atoms with Crippen LogP contribution in [-0.2, 0) is 6.54 Å². The van der Waals surface area contributed by atoms with Gasteiger partial charge in [0.25, 0.3) is 5.91 Å². The highest BCUT2D eigenvalue weighted by Crippen LogP contribution is 2.26. The molecule has 0 spiro atoms. The van der Waals surface area contributed by atoms with Crippen LogP contribution in [0.4, 0.5) is 16.2 Å². The summed E-state index contributed by atoms with van der Waals surface area (Å²) in [5, 5.41) is 5.92. The molecule has 166 valence electrons. The number of carbonyl (C=O) groups is 2. The summed E-state index contributed by atoms with van der Waals surface area (Å²) in [6.45, 7) is 1.95. The molecule has 1 saturated heterocycles. The SMILES string of the molecule is CN(Cc1ccco1)C(=O)c1ccccc1N1CCC(NC(=O)Nc2ccccc2)CC1. The van der Waals surface area contributed by atoms with Crippen LogP contribution in [0.15, 0.2) is 77.4 Å². The number of furan rings is 1. The van der Waals surface area contributed by atoms with Crippen LogP contribution in [0.1, 0.15) is 29.0 Å². The molecule has 2 N–H and O–H groups in total. The van der Waals surface area contributed by atoms with Crippen molar-refractivity contribution in [2.24, 2.45) is 0 Å². The average Bonchev–Trinajstić information content (AvgIpc) is 3.33. The van der Waals surface area contributed by atoms with Crippen molar-refractivity contribution in [1.82, 2.24) is 10.2 Å². The second-order valence-electron chi connectivity index (χ2n) is 7.98. The van der Waals surface area contributed by atoms with Gasteiger partial charge in [-0.1, -0.05) is 30.3 Å². The van der Waals surface area contributed by atoms with Crippen LogP contribution in [0, 0.1) is 0 Å². The van der Waals surface area contributed by atoms with Crippen molar-refractivity contribution in [3.63, 3.8) is 0 Å². The maximum atomic E-state index is 13.1. The summed E-state index contributed by atoms with van der Waals surface area (Å²) >= 11 is 0. The minimum atomic E-state index is -0.190. The Morgan fingerprint density at radius 3 is 2.44 bits per heavy atom. The van der Waals surface area contributed by atoms with Crippen molar-refractivity contribution in [2.45, 2.75) is 25.4 Å². The van der Waals surface area contributed by atoms with E-state index in [1.165, 1.54) is 0 Å². The molecule has 0 saturated carbocycles. The molecule has 4 rings (SSSR count). The molecule has 7 heteroatoms. The highest BCUT2D eigenvalue weighted by molar-refractivity contribution is 5.99. The van der Waals surface area contributed by atoms with Crippen molar-refractivity contribution in [1.29, 1.82) is 0 Å². The standard InChI is InChI=1S/C25H28N4O3/c1-28(18-21-10-7-17-32-21)24(30)22-11-5-6-12-23(22)29-15-13-20(14-16-29)27-25(31)26-19-8-3-2-4-9-19/h2-12,17,20H,13-16,18H2,1H3,(H2,26,27,31). The third kappa shape index (κ3) is 5.29. The van der Waals surface area contributed by atoms with Crippen LogP contribution in [-0.4, -0.2) is 43.0 Å². The number of rotatable bonds is 6. The molecule has 32 heavy (non-hydrogen) atoms. The number of hydrogen-bond acceptors (Lipinski definition) is 4. The first-order chi connectivity index (χ1) is 15.6. The second-order valence-corrected chi connectivity index (χ2v) is 7.98. The van der Waals surface area contributed by atoms with Gasteiger partial charge in [-0.15, -0.1) is 0 Å². The van der Waals surface area contributed by atoms with E-state index in [9.17, 15) is 9.59 Å². The molecule has 2 aromatic carbocycles. The number of nitrogens with zero attached hydrogens (tertiary/aromatic N) is 2. The van der Waals surface area contributed by atoms with E-state index in [1.54, 1.807) is 18.2 Å². The number of urea groups is 1. The summed E-state index contributed by atoms with van der Waals surface area (Å²) in [6, 6.07) is 20.7. The molecule has 1 aliphatic rings. The summed E-state index contributed by atoms with van der Waals surface area (Å²) in [5.74, 6) is 0.707. The number of hydrogen-bond donors (Lipinski definition) is 2. The smallest absolute Gasteiger partial charge is 0.319 e. The Balaban J connectivity index is 1.34. The van der Waals surface area contributed by atoms with Gasteiger partial charge in [0, 0.05) is 37.6 Å². The number of piperidine rings is 1. The average molecular weight is 433 g/mol. The Morgan fingerprint density at radius 1 is 1.00 bits per heavy atom. The molecule has 0 atom stereocenters. The Hall–Kier alpha value is -3.74. The zero-order valence-electron chi connectivity index (χ0n) is 18.2. The van der Waals surface area contributed by atoms with Gasteiger partial charge in [-0.25, -0.2) is 4.79 Å². The van der Waals surface area contributed by atoms with E-state index in [2.05, 4.69) is 15.5 Å². The number of anilines is 2. The van der Waals surface area contributed by atoms with E-state index in [0.29, 0.717) is 12.1 Å². The van der Waals surface area contributed by atoms with Crippen LogP contribution in [0.2, 0.25) is 0 Å². The Morgan fingerprint density at radius 2 is 1.72 bits per heavy atom. The van der Waals surface area contributed by atoms with Crippen molar-refractivity contribution in [3.05, 3.63) is 84.3 Å². The zero-order chi connectivity index (χ0) is 22.3. The molecule has 1 aliphatic heterocycles. The number of benzene rings is 2. The Labute approximate surface area is 188 Å². The first-order valence-corrected chi connectivity index (χ1v) is 10.8. The van der Waals surface area contributed by atoms with E-state index in [1.807, 2.05) is 66.7 Å². The summed E-state index contributed by atoms with van der Waals surface area (Å²) in [4.78, 5) is 29.3. The highest BCUT2D eigenvalue weighted by atomic mass is 16.3. The minimum absolute atomic E-state index is 0.0421. The highest BCUT2D eigenvalue weighted by Gasteiger charge is 2.25. The maximum Gasteiger partial charge on any atom is 0.319 e. The number of nitrogens with one attached hydrogen (secondary N) is 2. The van der Waals surface area contributed by atoms with E-state index >= 15 is 0 Å². The molecule has 0 unspecified atom stereocenters. The molecule has 0 aliphatic carbocycles. The van der Waals surface area contributed by atoms with Crippen molar-refractivity contribution < 1.29 is 14.0 Å². The monoisotopic (exact) mass is 432 g/mol. The summed E-state index contributed by atoms with van der Waals surface area (Å²) in [7, 11) is 1.78. The third-order valence-electron chi connectivity index (χ3n) is 5.66. The van der Waals surface area contributed by atoms with Crippen molar-refractivity contribution in [2.75, 3.05) is 30.4 Å². The Bertz CT molecular complexity index is 1030. The minimum Gasteiger partial charge on any atom is -0.467 e. The molecule has 1 aromatic heterocycles. The number of para-hydroxylation sites is 2. The van der Waals surface area contributed by atoms with Gasteiger partial charge >= 0.3 is 6.03 Å². The lowest BCUT2D eigenvalue weighted by Crippen LogP contribution is -2.46. The lowest BCUT2D eigenvalue weighted by atomic mass is 10.0. The summed E-state index contributed by atoms with van der Waals surface area (Å²) in [6.07, 6.45) is 3.24. The van der Waals surface area contributed by atoms with Crippen LogP contribution < -0.4 is 15.5 Å². The van der Waals surface area contributed by atoms with Gasteiger partial charge in [-0.2, -0.15) is 0 Å². The number of amides is 3. The molecule has 2 heterocycles. The molecule has 0 radical (unpaired) electrons. The normalized spacial score (nSPS) is 14.1. The summed E-state index contributed by atoms with van der Waals surface area (Å²) < 4.78 is 5.37. The quantitative estimate of drug-likeness (QED) is 0.607. The first kappa shape index (κ1) is 21.5. The van der Waals surface area contributed by atoms with Crippen LogP contribution >= 0.6 is 0 Å². The van der Waals surface area contributed by atoms with Crippen LogP contribution in [0.25, 0.3) is 0 Å². The second kappa shape index (κ2) is 10.0. The van der Waals surface area contributed by atoms with Crippen LogP contribution in [0.3, 0.4) is 0 Å². The van der Waals surface area contributed by atoms with E-state index in [-0.39, 0.29) is 18.0 Å². The van der Waals surface area contributed by atoms with Gasteiger partial charge in [0.05, 0.1) is 18.4 Å². The summed E-state index contributed by atoms with van der Waals surface area (Å²) in [5.41, 5.74) is 2.37. The molecule has 1 fully saturated rings. The van der Waals surface area contributed by atoms with Gasteiger partial charge in [0.1, 0.15) is 5.76 Å². The molecular weight excluding hydrogens is 404 g/mol. The molecule has 3 amide bonds. The van der Waals surface area contributed by atoms with Gasteiger partial charge in [0.2, 0.25) is 0 Å². The fraction of sp³-hybridized carbons (Fsp3) is 0.280. The predicted molar refractivity (Wildman–Crippen MR) is 125 cm³/mol. The van der Waals surface area contributed by atoms with E-state index in [0.717, 1.165) is 43.1 Å². The third-order valence-corrected chi connectivity index (χ3v) is 5.66. The fourth-order valence-electron chi connectivity index (χ4n) is 3.98. The van der Waals surface area contributed by atoms with Crippen molar-refractivity contribution in [3.8, 4) is 0 Å². The van der Waals surface area contributed by atoms with Gasteiger partial charge in [-0.05, 0) is 49.2 Å². The van der Waals surface area contributed by atoms with Gasteiger partial charge < -0.3 is 24.9 Å². The lowest BCUT2D eigenvalue weighted by molar-refractivity contribution is 0.0776. The fourth-order valence-corrected chi connectivity index (χ4v) is 3.98. The van der Waals surface area contributed by atoms with E-state index in [4.69, 9.17) is 4.42 Å². The van der Waals surface area contributed by atoms with Gasteiger partial charge in [0.15, 0.2) is 0 Å². The molecule has 0 bridgehead atoms. The molecule has 7 nitrogen and oxygen atoms in total. The molecule has 3 aromatic rings. The predicted octanol–water partition coefficient (Wildman–Crippen LogP) is 4.34. The largest absolute Gasteiger partial charge is 0.467 e. The van der Waals surface area contributed by atoms with Crippen molar-refractivity contribution >= 4 is 23.3 Å². The lowest BCUT2D eigenvalue weighted by Gasteiger charge is -2.35. The topological polar surface area (TPSA) is 77.8 Å². The Kier molecular flexibility index (Phi) is 6.75. The molecular formula is C25H28N4O3. The number of carbonyl (C=O) groups excluding carboxylic acids is 2. The maximum absolute atomic E-state index is 13.1. The zero-order valence-corrected chi connectivity index (χ0v) is 18.2. The van der Waals surface area contributed by atoms with E-state index < -0.39 is 0 Å². The first-order valence-electron chi connectivity index (χ1n) is 10.8. The van der Waals surface area contributed by atoms with Gasteiger partial charge in [-0.3, -0.25) is 4.79 Å².